The number of hydrogen-bond donors (Lipinski definition) is 3. The van der Waals surface area contributed by atoms with Gasteiger partial charge in [0.2, 0.25) is 7.37 Å². The standard InChI is InChI=1S/C15H25N2O8P/c1-11(2)24-8-12(5-7-26(21,22)10-18)25-14(9-23-3)17-6-4-13(19)16-15(17)20/h4-7,11-12,14,18H,8-10H2,1-3H3,(H,21,22)(H,16,19,20)/b7-5+/t12-,14-/m1/s1/i5D,7D. The summed E-state index contributed by atoms with van der Waals surface area (Å²) < 4.78 is 44.8. The van der Waals surface area contributed by atoms with Gasteiger partial charge in [0.15, 0.2) is 6.23 Å². The second-order valence-electron chi connectivity index (χ2n) is 5.53. The molecule has 0 saturated heterocycles. The summed E-state index contributed by atoms with van der Waals surface area (Å²) in [5, 5.41) is 9.00. The van der Waals surface area contributed by atoms with Crippen molar-refractivity contribution in [2.45, 2.75) is 32.3 Å². The Balaban J connectivity index is 3.31. The minimum atomic E-state index is -4.44. The summed E-state index contributed by atoms with van der Waals surface area (Å²) in [5.41, 5.74) is -1.40. The fraction of sp³-hybridized carbons (Fsp3) is 0.600. The SMILES string of the molecule is [2H]/C(=C(/[2H])P(=O)(O)CO)[C@H](COC(C)C)O[C@H](COC)n1ccc(=O)[nH]c1=O. The predicted molar refractivity (Wildman–Crippen MR) is 94.2 cm³/mol. The third kappa shape index (κ3) is 7.77. The second-order valence-corrected chi connectivity index (χ2v) is 7.44. The molecule has 0 aliphatic rings. The van der Waals surface area contributed by atoms with Crippen LogP contribution in [0, 0.1) is 0 Å². The van der Waals surface area contributed by atoms with Gasteiger partial charge in [-0.1, -0.05) is 0 Å². The Morgan fingerprint density at radius 3 is 2.65 bits per heavy atom. The summed E-state index contributed by atoms with van der Waals surface area (Å²) in [6, 6.07) is 0.410. The van der Waals surface area contributed by atoms with E-state index < -0.39 is 49.1 Å². The van der Waals surface area contributed by atoms with E-state index in [1.807, 2.05) is 0 Å². The lowest BCUT2D eigenvalue weighted by Gasteiger charge is -2.24. The Morgan fingerprint density at radius 1 is 1.42 bits per heavy atom. The highest BCUT2D eigenvalue weighted by Crippen LogP contribution is 2.40. The van der Waals surface area contributed by atoms with Crippen LogP contribution in [0.15, 0.2) is 33.7 Å². The molecule has 1 aromatic rings. The summed E-state index contributed by atoms with van der Waals surface area (Å²) in [5.74, 6) is -0.989. The van der Waals surface area contributed by atoms with Crippen molar-refractivity contribution in [3.63, 3.8) is 0 Å². The number of hydrogen-bond acceptors (Lipinski definition) is 7. The molecule has 3 atom stereocenters. The molecule has 10 nitrogen and oxygen atoms in total. The van der Waals surface area contributed by atoms with Gasteiger partial charge < -0.3 is 24.2 Å². The van der Waals surface area contributed by atoms with Crippen LogP contribution in [0.1, 0.15) is 22.8 Å². The molecule has 0 aliphatic heterocycles. The molecule has 26 heavy (non-hydrogen) atoms. The minimum absolute atomic E-state index is 0.165. The molecule has 1 heterocycles. The molecular weight excluding hydrogens is 367 g/mol. The average molecular weight is 394 g/mol. The summed E-state index contributed by atoms with van der Waals surface area (Å²) in [4.78, 5) is 35.0. The summed E-state index contributed by atoms with van der Waals surface area (Å²) in [6.07, 6.45) is -2.75. The van der Waals surface area contributed by atoms with Gasteiger partial charge in [0, 0.05) is 25.2 Å². The number of nitrogens with zero attached hydrogens (tertiary/aromatic N) is 1. The maximum Gasteiger partial charge on any atom is 0.330 e. The molecule has 0 amide bonds. The Kier molecular flexibility index (Phi) is 7.81. The van der Waals surface area contributed by atoms with Gasteiger partial charge in [0.25, 0.3) is 5.56 Å². The second kappa shape index (κ2) is 10.6. The lowest BCUT2D eigenvalue weighted by atomic mass is 10.3. The van der Waals surface area contributed by atoms with Gasteiger partial charge in [-0.25, -0.2) is 4.79 Å². The Hall–Kier alpha value is -1.55. The Morgan fingerprint density at radius 2 is 2.12 bits per heavy atom. The van der Waals surface area contributed by atoms with E-state index in [1.165, 1.54) is 13.3 Å². The average Bonchev–Trinajstić information content (AvgIpc) is 2.63. The third-order valence-electron chi connectivity index (χ3n) is 2.96. The smallest absolute Gasteiger partial charge is 0.330 e. The first-order valence-corrected chi connectivity index (χ1v) is 9.56. The zero-order chi connectivity index (χ0) is 21.5. The normalized spacial score (nSPS) is 18.5. The topological polar surface area (TPSA) is 140 Å². The largest absolute Gasteiger partial charge is 0.386 e. The first-order valence-electron chi connectivity index (χ1n) is 8.71. The number of aromatic nitrogens is 2. The molecule has 1 rings (SSSR count). The molecule has 0 radical (unpaired) electrons. The molecule has 0 fully saturated rings. The van der Waals surface area contributed by atoms with Crippen LogP contribution < -0.4 is 11.2 Å². The van der Waals surface area contributed by atoms with Crippen molar-refractivity contribution in [1.29, 1.82) is 0 Å². The van der Waals surface area contributed by atoms with Crippen LogP contribution in [-0.2, 0) is 18.8 Å². The van der Waals surface area contributed by atoms with Crippen molar-refractivity contribution in [3.05, 3.63) is 44.9 Å². The molecule has 3 N–H and O–H groups in total. The molecule has 0 spiro atoms. The molecule has 1 unspecified atom stereocenters. The zero-order valence-corrected chi connectivity index (χ0v) is 15.6. The van der Waals surface area contributed by atoms with E-state index in [2.05, 4.69) is 4.98 Å². The Bertz CT molecular complexity index is 838. The van der Waals surface area contributed by atoms with Crippen LogP contribution in [0.4, 0.5) is 0 Å². The maximum atomic E-state index is 12.0. The van der Waals surface area contributed by atoms with E-state index in [0.29, 0.717) is 0 Å². The van der Waals surface area contributed by atoms with Crippen molar-refractivity contribution in [3.8, 4) is 0 Å². The van der Waals surface area contributed by atoms with Crippen LogP contribution >= 0.6 is 7.37 Å². The van der Waals surface area contributed by atoms with Gasteiger partial charge in [-0.05, 0) is 19.9 Å². The van der Waals surface area contributed by atoms with Gasteiger partial charge >= 0.3 is 5.69 Å². The van der Waals surface area contributed by atoms with Crippen LogP contribution in [0.5, 0.6) is 0 Å². The number of rotatable bonds is 11. The fourth-order valence-electron chi connectivity index (χ4n) is 1.77. The van der Waals surface area contributed by atoms with Crippen molar-refractivity contribution in [1.82, 2.24) is 9.55 Å². The zero-order valence-electron chi connectivity index (χ0n) is 16.7. The number of nitrogens with one attached hydrogen (secondary N) is 1. The molecule has 0 saturated carbocycles. The van der Waals surface area contributed by atoms with Crippen LogP contribution in [0.3, 0.4) is 0 Å². The van der Waals surface area contributed by atoms with Crippen molar-refractivity contribution in [2.24, 2.45) is 0 Å². The highest BCUT2D eigenvalue weighted by molar-refractivity contribution is 7.61. The molecule has 148 valence electrons. The van der Waals surface area contributed by atoms with E-state index in [1.54, 1.807) is 13.8 Å². The molecule has 0 aromatic carbocycles. The van der Waals surface area contributed by atoms with Gasteiger partial charge in [0.1, 0.15) is 12.5 Å². The highest BCUT2D eigenvalue weighted by atomic mass is 31.2. The maximum absolute atomic E-state index is 12.0. The summed E-state index contributed by atoms with van der Waals surface area (Å²) in [6.45, 7) is 3.01. The number of H-pyrrole nitrogens is 1. The number of ether oxygens (including phenoxy) is 3. The fourth-order valence-corrected chi connectivity index (χ4v) is 2.19. The van der Waals surface area contributed by atoms with E-state index in [0.717, 1.165) is 10.6 Å². The van der Waals surface area contributed by atoms with Crippen LogP contribution in [0.2, 0.25) is 0 Å². The first kappa shape index (κ1) is 19.2. The Labute approximate surface area is 153 Å². The molecule has 1 aromatic heterocycles. The monoisotopic (exact) mass is 394 g/mol. The lowest BCUT2D eigenvalue weighted by molar-refractivity contribution is -0.102. The number of aliphatic hydroxyl groups excluding tert-OH is 1. The van der Waals surface area contributed by atoms with Gasteiger partial charge in [-0.15, -0.1) is 0 Å². The minimum Gasteiger partial charge on any atom is -0.386 e. The van der Waals surface area contributed by atoms with E-state index in [4.69, 9.17) is 22.1 Å². The molecule has 0 bridgehead atoms. The predicted octanol–water partition coefficient (Wildman–Crippen LogP) is 0.226. The van der Waals surface area contributed by atoms with Crippen molar-refractivity contribution < 1.29 is 31.5 Å². The quantitative estimate of drug-likeness (QED) is 0.453. The molecule has 0 aliphatic carbocycles. The number of aliphatic hydroxyl groups is 1. The van der Waals surface area contributed by atoms with E-state index in [-0.39, 0.29) is 19.3 Å². The van der Waals surface area contributed by atoms with Crippen LogP contribution in [-0.4, -0.2) is 58.4 Å². The third-order valence-corrected chi connectivity index (χ3v) is 3.83. The number of aromatic amines is 1. The summed E-state index contributed by atoms with van der Waals surface area (Å²) >= 11 is 0. The van der Waals surface area contributed by atoms with E-state index in [9.17, 15) is 19.0 Å². The van der Waals surface area contributed by atoms with E-state index >= 15 is 0 Å². The molecular formula is C15H25N2O8P. The van der Waals surface area contributed by atoms with Gasteiger partial charge in [-0.3, -0.25) is 18.9 Å². The van der Waals surface area contributed by atoms with Gasteiger partial charge in [-0.2, -0.15) is 0 Å². The van der Waals surface area contributed by atoms with Gasteiger partial charge in [0.05, 0.1) is 22.1 Å². The summed E-state index contributed by atoms with van der Waals surface area (Å²) in [7, 11) is -3.10. The first-order chi connectivity index (χ1) is 13.0. The molecule has 11 heteroatoms. The van der Waals surface area contributed by atoms with Crippen LogP contribution in [0.25, 0.3) is 0 Å². The number of methoxy groups -OCH3 is 1. The lowest BCUT2D eigenvalue weighted by Crippen LogP contribution is -2.36. The van der Waals surface area contributed by atoms with Crippen molar-refractivity contribution in [2.75, 3.05) is 26.7 Å². The highest BCUT2D eigenvalue weighted by Gasteiger charge is 2.20. The van der Waals surface area contributed by atoms with Crippen molar-refractivity contribution >= 4 is 7.37 Å².